The number of hydrogen-bond acceptors (Lipinski definition) is 3. The second kappa shape index (κ2) is 6.41. The van der Waals surface area contributed by atoms with Gasteiger partial charge < -0.3 is 10.5 Å². The van der Waals surface area contributed by atoms with Crippen LogP contribution in [0.4, 0.5) is 0 Å². The molecule has 1 aromatic carbocycles. The Morgan fingerprint density at radius 1 is 1.44 bits per heavy atom. The van der Waals surface area contributed by atoms with Crippen molar-refractivity contribution in [3.63, 3.8) is 0 Å². The molecular weight excluding hydrogens is 273 g/mol. The first-order valence-corrected chi connectivity index (χ1v) is 5.79. The molecule has 0 saturated heterocycles. The first kappa shape index (κ1) is 17.2. The summed E-state index contributed by atoms with van der Waals surface area (Å²) in [5.74, 6) is -0.343. The Morgan fingerprint density at radius 2 is 2.00 bits per heavy atom. The van der Waals surface area contributed by atoms with Crippen molar-refractivity contribution in [3.8, 4) is 0 Å². The van der Waals surface area contributed by atoms with Gasteiger partial charge in [-0.15, -0.1) is 12.4 Å². The van der Waals surface area contributed by atoms with E-state index in [4.69, 9.17) is 22.1 Å². The van der Waals surface area contributed by atoms with E-state index in [9.17, 15) is 4.79 Å². The van der Waals surface area contributed by atoms with Gasteiger partial charge in [-0.1, -0.05) is 23.7 Å². The summed E-state index contributed by atoms with van der Waals surface area (Å²) in [6, 6.07) is 5.06. The monoisotopic (exact) mass is 291 g/mol. The molecule has 1 atom stereocenters. The molecule has 0 saturated carbocycles. The van der Waals surface area contributed by atoms with Gasteiger partial charge in [0.1, 0.15) is 0 Å². The van der Waals surface area contributed by atoms with E-state index in [1.54, 1.807) is 19.9 Å². The standard InChI is InChI=1S/C13H18ClNO2.ClH/c1-8-6-5-7-9(14)10(8)11(15)13(2,3)12(16)17-4;/h5-7,11H,15H2,1-4H3;1H/t11-;/m0./s1. The fraction of sp³-hybridized carbons (Fsp3) is 0.462. The smallest absolute Gasteiger partial charge is 0.313 e. The van der Waals surface area contributed by atoms with Gasteiger partial charge in [0.15, 0.2) is 0 Å². The topological polar surface area (TPSA) is 52.3 Å². The van der Waals surface area contributed by atoms with Crippen molar-refractivity contribution in [1.29, 1.82) is 0 Å². The van der Waals surface area contributed by atoms with Gasteiger partial charge in [-0.2, -0.15) is 0 Å². The zero-order chi connectivity index (χ0) is 13.2. The largest absolute Gasteiger partial charge is 0.469 e. The highest BCUT2D eigenvalue weighted by molar-refractivity contribution is 6.31. The average molecular weight is 292 g/mol. The molecule has 0 heterocycles. The molecule has 0 aromatic heterocycles. The maximum atomic E-state index is 11.7. The van der Waals surface area contributed by atoms with Crippen LogP contribution in [0.5, 0.6) is 0 Å². The Morgan fingerprint density at radius 3 is 2.44 bits per heavy atom. The Labute approximate surface area is 119 Å². The average Bonchev–Trinajstić information content (AvgIpc) is 2.27. The summed E-state index contributed by atoms with van der Waals surface area (Å²) in [6.07, 6.45) is 0. The van der Waals surface area contributed by atoms with E-state index in [1.807, 2.05) is 19.1 Å². The molecule has 0 spiro atoms. The van der Waals surface area contributed by atoms with E-state index in [0.29, 0.717) is 5.02 Å². The summed E-state index contributed by atoms with van der Waals surface area (Å²) in [7, 11) is 1.36. The first-order valence-electron chi connectivity index (χ1n) is 5.41. The van der Waals surface area contributed by atoms with Crippen LogP contribution in [0.15, 0.2) is 18.2 Å². The zero-order valence-corrected chi connectivity index (χ0v) is 12.6. The molecule has 18 heavy (non-hydrogen) atoms. The van der Waals surface area contributed by atoms with Crippen LogP contribution in [0.1, 0.15) is 31.0 Å². The Balaban J connectivity index is 0.00000289. The van der Waals surface area contributed by atoms with Crippen molar-refractivity contribution in [1.82, 2.24) is 0 Å². The number of halogens is 2. The molecule has 0 aliphatic carbocycles. The SMILES string of the molecule is COC(=O)C(C)(C)[C@@H](N)c1c(C)cccc1Cl.Cl. The maximum absolute atomic E-state index is 11.7. The van der Waals surface area contributed by atoms with Gasteiger partial charge >= 0.3 is 5.97 Å². The molecule has 0 amide bonds. The lowest BCUT2D eigenvalue weighted by Crippen LogP contribution is -2.37. The van der Waals surface area contributed by atoms with Crippen LogP contribution < -0.4 is 5.73 Å². The third-order valence-electron chi connectivity index (χ3n) is 3.07. The molecule has 0 fully saturated rings. The zero-order valence-electron chi connectivity index (χ0n) is 11.0. The molecule has 1 rings (SSSR count). The van der Waals surface area contributed by atoms with E-state index in [0.717, 1.165) is 11.1 Å². The minimum Gasteiger partial charge on any atom is -0.469 e. The highest BCUT2D eigenvalue weighted by Gasteiger charge is 2.38. The minimum atomic E-state index is -0.815. The Kier molecular flexibility index (Phi) is 6.14. The molecule has 2 N–H and O–H groups in total. The number of ether oxygens (including phenoxy) is 1. The predicted molar refractivity (Wildman–Crippen MR) is 76.2 cm³/mol. The van der Waals surface area contributed by atoms with Crippen molar-refractivity contribution in [2.75, 3.05) is 7.11 Å². The predicted octanol–water partition coefficient (Wildman–Crippen LogP) is 3.27. The lowest BCUT2D eigenvalue weighted by atomic mass is 9.79. The molecular formula is C13H19Cl2NO2. The first-order chi connectivity index (χ1) is 7.82. The lowest BCUT2D eigenvalue weighted by molar-refractivity contribution is -0.152. The van der Waals surface area contributed by atoms with Crippen molar-refractivity contribution in [2.24, 2.45) is 11.1 Å². The van der Waals surface area contributed by atoms with Crippen LogP contribution in [0.3, 0.4) is 0 Å². The molecule has 0 radical (unpaired) electrons. The Hall–Kier alpha value is -0.770. The van der Waals surface area contributed by atoms with Crippen molar-refractivity contribution >= 4 is 30.0 Å². The Bertz CT molecular complexity index is 413. The molecule has 0 unspecified atom stereocenters. The summed E-state index contributed by atoms with van der Waals surface area (Å²) < 4.78 is 4.78. The normalized spacial score (nSPS) is 12.6. The fourth-order valence-corrected chi connectivity index (χ4v) is 2.13. The van der Waals surface area contributed by atoms with Crippen LogP contribution in [-0.4, -0.2) is 13.1 Å². The summed E-state index contributed by atoms with van der Waals surface area (Å²) in [6.45, 7) is 5.44. The molecule has 3 nitrogen and oxygen atoms in total. The molecule has 102 valence electrons. The highest BCUT2D eigenvalue weighted by atomic mass is 35.5. The second-order valence-electron chi connectivity index (χ2n) is 4.66. The van der Waals surface area contributed by atoms with E-state index in [-0.39, 0.29) is 18.4 Å². The molecule has 0 aliphatic heterocycles. The van der Waals surface area contributed by atoms with Crippen molar-refractivity contribution in [3.05, 3.63) is 34.3 Å². The van der Waals surface area contributed by atoms with E-state index in [2.05, 4.69) is 0 Å². The van der Waals surface area contributed by atoms with Gasteiger partial charge in [-0.25, -0.2) is 0 Å². The van der Waals surface area contributed by atoms with Gasteiger partial charge in [0, 0.05) is 11.1 Å². The van der Waals surface area contributed by atoms with Crippen molar-refractivity contribution < 1.29 is 9.53 Å². The van der Waals surface area contributed by atoms with Gasteiger partial charge in [0.05, 0.1) is 12.5 Å². The maximum Gasteiger partial charge on any atom is 0.313 e. The van der Waals surface area contributed by atoms with Gasteiger partial charge in [0.2, 0.25) is 0 Å². The summed E-state index contributed by atoms with van der Waals surface area (Å²) in [5, 5.41) is 0.578. The van der Waals surface area contributed by atoms with E-state index < -0.39 is 11.5 Å². The number of esters is 1. The van der Waals surface area contributed by atoms with Crippen LogP contribution >= 0.6 is 24.0 Å². The van der Waals surface area contributed by atoms with E-state index in [1.165, 1.54) is 7.11 Å². The minimum absolute atomic E-state index is 0. The molecule has 0 bridgehead atoms. The molecule has 5 heteroatoms. The van der Waals surface area contributed by atoms with Gasteiger partial charge in [0.25, 0.3) is 0 Å². The third-order valence-corrected chi connectivity index (χ3v) is 3.40. The van der Waals surface area contributed by atoms with Crippen LogP contribution in [0.2, 0.25) is 5.02 Å². The summed E-state index contributed by atoms with van der Waals surface area (Å²) in [5.41, 5.74) is 7.12. The number of nitrogens with two attached hydrogens (primary N) is 1. The quantitative estimate of drug-likeness (QED) is 0.870. The van der Waals surface area contributed by atoms with Gasteiger partial charge in [-0.3, -0.25) is 4.79 Å². The summed E-state index contributed by atoms with van der Waals surface area (Å²) >= 11 is 6.15. The van der Waals surface area contributed by atoms with Crippen LogP contribution in [0, 0.1) is 12.3 Å². The number of rotatable bonds is 3. The van der Waals surface area contributed by atoms with E-state index >= 15 is 0 Å². The molecule has 1 aromatic rings. The molecule has 0 aliphatic rings. The number of benzene rings is 1. The lowest BCUT2D eigenvalue weighted by Gasteiger charge is -2.30. The summed E-state index contributed by atoms with van der Waals surface area (Å²) in [4.78, 5) is 11.7. The number of carbonyl (C=O) groups excluding carboxylic acids is 1. The fourth-order valence-electron chi connectivity index (χ4n) is 1.79. The second-order valence-corrected chi connectivity index (χ2v) is 5.07. The number of aryl methyl sites for hydroxylation is 1. The number of methoxy groups -OCH3 is 1. The number of hydrogen-bond donors (Lipinski definition) is 1. The van der Waals surface area contributed by atoms with Crippen LogP contribution in [-0.2, 0) is 9.53 Å². The van der Waals surface area contributed by atoms with Crippen LogP contribution in [0.25, 0.3) is 0 Å². The number of carbonyl (C=O) groups is 1. The van der Waals surface area contributed by atoms with Crippen molar-refractivity contribution in [2.45, 2.75) is 26.8 Å². The third kappa shape index (κ3) is 3.16. The highest BCUT2D eigenvalue weighted by Crippen LogP contribution is 2.37. The van der Waals surface area contributed by atoms with Gasteiger partial charge in [-0.05, 0) is 38.0 Å².